The maximum Gasteiger partial charge on any atom is 0.316 e. The van der Waals surface area contributed by atoms with Gasteiger partial charge in [-0.15, -0.1) is 0 Å². The van der Waals surface area contributed by atoms with E-state index in [4.69, 9.17) is 11.6 Å². The van der Waals surface area contributed by atoms with Gasteiger partial charge in [-0.1, -0.05) is 30.3 Å². The number of hydrogen-bond donors (Lipinski definition) is 1. The number of carbonyl (C=O) groups excluding carboxylic acids is 2. The van der Waals surface area contributed by atoms with Gasteiger partial charge < -0.3 is 19.8 Å². The average molecular weight is 454 g/mol. The first kappa shape index (κ1) is 22.2. The molecule has 4 rings (SSSR count). The lowest BCUT2D eigenvalue weighted by atomic mass is 9.85. The normalized spacial score (nSPS) is 16.7. The molecule has 1 N–H and O–H groups in total. The Morgan fingerprint density at radius 3 is 2.44 bits per heavy atom. The van der Waals surface area contributed by atoms with Crippen LogP contribution in [0, 0.1) is 6.92 Å². The fourth-order valence-corrected chi connectivity index (χ4v) is 5.09. The molecule has 0 spiro atoms. The summed E-state index contributed by atoms with van der Waals surface area (Å²) in [6.45, 7) is 8.96. The molecule has 0 saturated heterocycles. The number of benzene rings is 2. The van der Waals surface area contributed by atoms with Crippen molar-refractivity contribution in [2.75, 3.05) is 37.0 Å². The second-order valence-corrected chi connectivity index (χ2v) is 9.24. The number of anilines is 2. The van der Waals surface area contributed by atoms with Gasteiger partial charge in [0, 0.05) is 44.7 Å². The van der Waals surface area contributed by atoms with Crippen LogP contribution in [-0.4, -0.2) is 55.0 Å². The van der Waals surface area contributed by atoms with Crippen molar-refractivity contribution in [2.24, 2.45) is 0 Å². The van der Waals surface area contributed by atoms with Gasteiger partial charge >= 0.3 is 11.8 Å². The van der Waals surface area contributed by atoms with E-state index in [1.54, 1.807) is 19.0 Å². The van der Waals surface area contributed by atoms with Crippen molar-refractivity contribution >= 4 is 34.8 Å². The van der Waals surface area contributed by atoms with E-state index in [0.29, 0.717) is 18.1 Å². The molecule has 2 aliphatic rings. The highest BCUT2D eigenvalue weighted by Crippen LogP contribution is 2.51. The summed E-state index contributed by atoms with van der Waals surface area (Å²) in [5.74, 6) is -1.03. The molecule has 32 heavy (non-hydrogen) atoms. The average Bonchev–Trinajstić information content (AvgIpc) is 3.08. The molecule has 2 aromatic rings. The van der Waals surface area contributed by atoms with Crippen molar-refractivity contribution in [1.82, 2.24) is 4.90 Å². The van der Waals surface area contributed by atoms with Crippen LogP contribution in [0.3, 0.4) is 0 Å². The number of allylic oxidation sites excluding steroid dienone is 1. The molecule has 7 heteroatoms. The second-order valence-electron chi connectivity index (χ2n) is 8.81. The molecule has 0 fully saturated rings. The molecular formula is C25H28ClN3O3. The first-order chi connectivity index (χ1) is 15.1. The highest BCUT2D eigenvalue weighted by molar-refractivity contribution is 6.40. The topological polar surface area (TPSA) is 64.1 Å². The van der Waals surface area contributed by atoms with Gasteiger partial charge in [0.2, 0.25) is 0 Å². The maximum absolute atomic E-state index is 13.1. The van der Waals surface area contributed by atoms with Crippen LogP contribution in [0.25, 0.3) is 11.1 Å². The van der Waals surface area contributed by atoms with E-state index in [1.165, 1.54) is 4.90 Å². The minimum atomic E-state index is -0.549. The number of aliphatic hydroxyl groups is 1. The lowest BCUT2D eigenvalue weighted by molar-refractivity contribution is -0.142. The van der Waals surface area contributed by atoms with E-state index in [1.807, 2.05) is 31.2 Å². The Bertz CT molecular complexity index is 1120. The number of likely N-dealkylation sites (N-methyl/N-ethyl adjacent to an activating group) is 1. The number of nitrogens with zero attached hydrogens (tertiary/aromatic N) is 3. The molecule has 2 aromatic carbocycles. The standard InChI is InChI=1S/C25H28ClN3O3/c1-14-12-20-21(17-6-8-18(26)9-7-17)19(13-15(2)30)16(3)22-23(20)28(14)10-11-29(22)25(32)24(31)27(4)5/h6-9,14,30H,2,10-13H2,1,3-5H3. The third kappa shape index (κ3) is 3.52. The molecule has 168 valence electrons. The molecule has 6 nitrogen and oxygen atoms in total. The van der Waals surface area contributed by atoms with Crippen LogP contribution in [0.15, 0.2) is 36.6 Å². The zero-order valence-electron chi connectivity index (χ0n) is 18.9. The van der Waals surface area contributed by atoms with Crippen molar-refractivity contribution < 1.29 is 14.7 Å². The van der Waals surface area contributed by atoms with Crippen LogP contribution in [0.5, 0.6) is 0 Å². The van der Waals surface area contributed by atoms with Crippen molar-refractivity contribution in [2.45, 2.75) is 32.7 Å². The Morgan fingerprint density at radius 1 is 1.19 bits per heavy atom. The smallest absolute Gasteiger partial charge is 0.316 e. The van der Waals surface area contributed by atoms with Crippen LogP contribution in [0.4, 0.5) is 11.4 Å². The predicted molar refractivity (Wildman–Crippen MR) is 129 cm³/mol. The SMILES string of the molecule is C=C(O)Cc1c(C)c2c3c(c1-c1ccc(Cl)cc1)CC(C)N3CCN2C(=O)C(=O)N(C)C. The Hall–Kier alpha value is -2.99. The first-order valence-corrected chi connectivity index (χ1v) is 11.1. The molecule has 1 unspecified atom stereocenters. The van der Waals surface area contributed by atoms with Gasteiger partial charge in [-0.25, -0.2) is 0 Å². The van der Waals surface area contributed by atoms with Gasteiger partial charge in [-0.05, 0) is 60.2 Å². The Balaban J connectivity index is 2.01. The Labute approximate surface area is 193 Å². The molecule has 0 saturated carbocycles. The van der Waals surface area contributed by atoms with E-state index >= 15 is 0 Å². The van der Waals surface area contributed by atoms with Gasteiger partial charge in [-0.2, -0.15) is 0 Å². The van der Waals surface area contributed by atoms with Crippen molar-refractivity contribution in [3.63, 3.8) is 0 Å². The summed E-state index contributed by atoms with van der Waals surface area (Å²) in [7, 11) is 3.17. The maximum atomic E-state index is 13.1. The number of aliphatic hydroxyl groups excluding tert-OH is 1. The molecule has 1 atom stereocenters. The van der Waals surface area contributed by atoms with Gasteiger partial charge in [0.15, 0.2) is 0 Å². The van der Waals surface area contributed by atoms with E-state index in [0.717, 1.165) is 45.6 Å². The summed E-state index contributed by atoms with van der Waals surface area (Å²) in [4.78, 5) is 30.9. The lowest BCUT2D eigenvalue weighted by Crippen LogP contribution is -2.50. The highest BCUT2D eigenvalue weighted by atomic mass is 35.5. The van der Waals surface area contributed by atoms with E-state index in [9.17, 15) is 14.7 Å². The van der Waals surface area contributed by atoms with Crippen LogP contribution >= 0.6 is 11.6 Å². The van der Waals surface area contributed by atoms with E-state index < -0.39 is 11.8 Å². The lowest BCUT2D eigenvalue weighted by Gasteiger charge is -2.39. The predicted octanol–water partition coefficient (Wildman–Crippen LogP) is 4.12. The number of amides is 2. The largest absolute Gasteiger partial charge is 0.513 e. The van der Waals surface area contributed by atoms with Gasteiger partial charge in [0.1, 0.15) is 0 Å². The van der Waals surface area contributed by atoms with Crippen molar-refractivity contribution in [3.8, 4) is 11.1 Å². The molecular weight excluding hydrogens is 426 g/mol. The molecule has 2 heterocycles. The summed E-state index contributed by atoms with van der Waals surface area (Å²) in [6.07, 6.45) is 1.08. The quantitative estimate of drug-likeness (QED) is 0.561. The number of hydrogen-bond acceptors (Lipinski definition) is 4. The Morgan fingerprint density at radius 2 is 1.84 bits per heavy atom. The molecule has 0 aliphatic carbocycles. The Kier molecular flexibility index (Phi) is 5.67. The third-order valence-electron chi connectivity index (χ3n) is 6.42. The van der Waals surface area contributed by atoms with Gasteiger partial charge in [0.05, 0.1) is 17.1 Å². The summed E-state index contributed by atoms with van der Waals surface area (Å²) < 4.78 is 0. The summed E-state index contributed by atoms with van der Waals surface area (Å²) in [5, 5.41) is 10.8. The minimum absolute atomic E-state index is 0.0522. The third-order valence-corrected chi connectivity index (χ3v) is 6.67. The monoisotopic (exact) mass is 453 g/mol. The first-order valence-electron chi connectivity index (χ1n) is 10.7. The van der Waals surface area contributed by atoms with E-state index in [2.05, 4.69) is 18.4 Å². The molecule has 2 aliphatic heterocycles. The van der Waals surface area contributed by atoms with Crippen LogP contribution in [0.2, 0.25) is 5.02 Å². The van der Waals surface area contributed by atoms with Crippen LogP contribution in [0.1, 0.15) is 23.6 Å². The number of carbonyl (C=O) groups is 2. The highest BCUT2D eigenvalue weighted by Gasteiger charge is 2.41. The van der Waals surface area contributed by atoms with Crippen molar-refractivity contribution in [3.05, 3.63) is 58.3 Å². The fourth-order valence-electron chi connectivity index (χ4n) is 4.97. The van der Waals surface area contributed by atoms with Gasteiger partial charge in [0.25, 0.3) is 0 Å². The molecule has 0 aromatic heterocycles. The molecule has 0 radical (unpaired) electrons. The van der Waals surface area contributed by atoms with Gasteiger partial charge in [-0.3, -0.25) is 9.59 Å². The molecule has 2 amide bonds. The summed E-state index contributed by atoms with van der Waals surface area (Å²) in [5.41, 5.74) is 6.76. The van der Waals surface area contributed by atoms with Crippen molar-refractivity contribution in [1.29, 1.82) is 0 Å². The second kappa shape index (κ2) is 8.17. The summed E-state index contributed by atoms with van der Waals surface area (Å²) in [6, 6.07) is 7.95. The van der Waals surface area contributed by atoms with Crippen LogP contribution < -0.4 is 9.80 Å². The van der Waals surface area contributed by atoms with E-state index in [-0.39, 0.29) is 18.2 Å². The zero-order valence-corrected chi connectivity index (χ0v) is 19.7. The van der Waals surface area contributed by atoms with Crippen LogP contribution in [-0.2, 0) is 22.4 Å². The fraction of sp³-hybridized carbons (Fsp3) is 0.360. The number of halogens is 1. The zero-order chi connectivity index (χ0) is 23.3. The minimum Gasteiger partial charge on any atom is -0.513 e. The molecule has 0 bridgehead atoms. The number of rotatable bonds is 3. The summed E-state index contributed by atoms with van der Waals surface area (Å²) >= 11 is 6.14.